The maximum atomic E-state index is 12.8. The van der Waals surface area contributed by atoms with Crippen LogP contribution in [0.4, 0.5) is 23.1 Å². The minimum absolute atomic E-state index is 0.0356. The third kappa shape index (κ3) is 6.42. The number of hydrogen-bond acceptors (Lipinski definition) is 13. The number of anilines is 4. The normalized spacial score (nSPS) is 12.8. The lowest BCUT2D eigenvalue weighted by Gasteiger charge is -2.15. The summed E-state index contributed by atoms with van der Waals surface area (Å²) < 4.78 is 57.5. The van der Waals surface area contributed by atoms with Crippen LogP contribution >= 0.6 is 0 Å². The molecule has 204 valence electrons. The molecule has 0 spiro atoms. The van der Waals surface area contributed by atoms with E-state index in [4.69, 9.17) is 13.4 Å². The van der Waals surface area contributed by atoms with Crippen LogP contribution in [0.25, 0.3) is 11.4 Å². The van der Waals surface area contributed by atoms with Gasteiger partial charge in [0.1, 0.15) is 5.82 Å². The smallest absolute Gasteiger partial charge is 0.273 e. The number of nitrogens with zero attached hydrogens (tertiary/aromatic N) is 7. The standard InChI is InChI=1S/C23H26N10O5S/c1-13-6-8-25-16(10-13)28-17-11-15(19(31-30-17)23(34)24-2)27-22-20(37-4)14(7-9-26-22)21-29-18(38-32-21)12-33(3)39(5,35)36/h6-11H,12H2,1-5H3,(H,24,34)(H2,25,26,27,28,30)/i2D3. The van der Waals surface area contributed by atoms with Crippen molar-refractivity contribution >= 4 is 39.1 Å². The van der Waals surface area contributed by atoms with E-state index in [2.05, 4.69) is 40.9 Å². The van der Waals surface area contributed by atoms with E-state index in [-0.39, 0.29) is 47.0 Å². The van der Waals surface area contributed by atoms with Gasteiger partial charge in [0.25, 0.3) is 5.91 Å². The van der Waals surface area contributed by atoms with Crippen LogP contribution in [0, 0.1) is 6.92 Å². The summed E-state index contributed by atoms with van der Waals surface area (Å²) in [5, 5.41) is 19.7. The van der Waals surface area contributed by atoms with Crippen molar-refractivity contribution in [1.82, 2.24) is 39.9 Å². The second-order valence-electron chi connectivity index (χ2n) is 8.19. The average molecular weight is 558 g/mol. The molecule has 16 heteroatoms. The number of carbonyl (C=O) groups is 1. The molecule has 0 radical (unpaired) electrons. The lowest BCUT2D eigenvalue weighted by atomic mass is 10.2. The highest BCUT2D eigenvalue weighted by Crippen LogP contribution is 2.36. The van der Waals surface area contributed by atoms with Gasteiger partial charge in [0.05, 0.1) is 31.2 Å². The summed E-state index contributed by atoms with van der Waals surface area (Å²) in [6.07, 6.45) is 4.06. The number of pyridine rings is 2. The van der Waals surface area contributed by atoms with Crippen molar-refractivity contribution in [2.75, 3.05) is 38.0 Å². The van der Waals surface area contributed by atoms with Crippen molar-refractivity contribution in [3.8, 4) is 17.1 Å². The molecule has 0 saturated heterocycles. The number of sulfonamides is 1. The van der Waals surface area contributed by atoms with Gasteiger partial charge < -0.3 is 25.2 Å². The summed E-state index contributed by atoms with van der Waals surface area (Å²) >= 11 is 0. The van der Waals surface area contributed by atoms with Crippen molar-refractivity contribution < 1.29 is 26.6 Å². The minimum Gasteiger partial charge on any atom is -0.492 e. The fourth-order valence-corrected chi connectivity index (χ4v) is 3.64. The quantitative estimate of drug-likeness (QED) is 0.256. The van der Waals surface area contributed by atoms with E-state index in [1.165, 1.54) is 26.4 Å². The topological polar surface area (TPSA) is 190 Å². The first kappa shape index (κ1) is 23.4. The van der Waals surface area contributed by atoms with E-state index in [0.29, 0.717) is 11.4 Å². The highest BCUT2D eigenvalue weighted by Gasteiger charge is 2.22. The van der Waals surface area contributed by atoms with Crippen molar-refractivity contribution in [3.05, 3.63) is 53.8 Å². The molecule has 0 aliphatic carbocycles. The first-order valence-electron chi connectivity index (χ1n) is 12.7. The Kier molecular flexibility index (Phi) is 6.82. The molecule has 0 unspecified atom stereocenters. The summed E-state index contributed by atoms with van der Waals surface area (Å²) in [5.74, 6) is -0.0291. The highest BCUT2D eigenvalue weighted by molar-refractivity contribution is 7.88. The van der Waals surface area contributed by atoms with Gasteiger partial charge >= 0.3 is 0 Å². The fourth-order valence-electron chi connectivity index (χ4n) is 3.29. The van der Waals surface area contributed by atoms with Crippen molar-refractivity contribution in [1.29, 1.82) is 0 Å². The van der Waals surface area contributed by atoms with Crippen LogP contribution in [0.5, 0.6) is 5.75 Å². The van der Waals surface area contributed by atoms with Crippen LogP contribution in [0.15, 0.2) is 41.2 Å². The van der Waals surface area contributed by atoms with Crippen molar-refractivity contribution in [2.45, 2.75) is 13.5 Å². The van der Waals surface area contributed by atoms with Gasteiger partial charge in [-0.2, -0.15) is 9.29 Å². The van der Waals surface area contributed by atoms with Crippen LogP contribution in [-0.4, -0.2) is 76.3 Å². The Morgan fingerprint density at radius 3 is 2.67 bits per heavy atom. The summed E-state index contributed by atoms with van der Waals surface area (Å²) in [7, 11) is -0.747. The van der Waals surface area contributed by atoms with Crippen LogP contribution in [0.1, 0.15) is 26.1 Å². The van der Waals surface area contributed by atoms with E-state index in [0.717, 1.165) is 16.1 Å². The van der Waals surface area contributed by atoms with Gasteiger partial charge in [-0.3, -0.25) is 4.79 Å². The summed E-state index contributed by atoms with van der Waals surface area (Å²) in [6, 6.07) is 6.55. The first-order chi connectivity index (χ1) is 19.7. The number of amides is 1. The Labute approximate surface area is 228 Å². The Bertz CT molecular complexity index is 1720. The monoisotopic (exact) mass is 557 g/mol. The number of aryl methyl sites for hydroxylation is 1. The summed E-state index contributed by atoms with van der Waals surface area (Å²) in [5.41, 5.74) is 0.956. The van der Waals surface area contributed by atoms with Gasteiger partial charge in [0.15, 0.2) is 23.1 Å². The molecule has 1 amide bonds. The molecule has 4 rings (SSSR count). The predicted octanol–water partition coefficient (Wildman–Crippen LogP) is 1.87. The van der Waals surface area contributed by atoms with Crippen LogP contribution in [0.3, 0.4) is 0 Å². The lowest BCUT2D eigenvalue weighted by Crippen LogP contribution is -2.25. The molecule has 4 aromatic heterocycles. The number of ether oxygens (including phenoxy) is 1. The zero-order valence-corrected chi connectivity index (χ0v) is 22.1. The summed E-state index contributed by atoms with van der Waals surface area (Å²) in [4.78, 5) is 25.6. The predicted molar refractivity (Wildman–Crippen MR) is 141 cm³/mol. The maximum Gasteiger partial charge on any atom is 0.273 e. The Hall–Kier alpha value is -4.70. The zero-order chi connectivity index (χ0) is 30.7. The van der Waals surface area contributed by atoms with Gasteiger partial charge in [0, 0.05) is 36.6 Å². The maximum absolute atomic E-state index is 12.8. The zero-order valence-electron chi connectivity index (χ0n) is 24.3. The molecule has 0 aliphatic rings. The average Bonchev–Trinajstić information content (AvgIpc) is 3.35. The molecule has 0 aromatic carbocycles. The van der Waals surface area contributed by atoms with E-state index < -0.39 is 22.9 Å². The van der Waals surface area contributed by atoms with Gasteiger partial charge in [-0.05, 0) is 30.7 Å². The number of methoxy groups -OCH3 is 1. The van der Waals surface area contributed by atoms with Gasteiger partial charge in [-0.15, -0.1) is 10.2 Å². The van der Waals surface area contributed by atoms with E-state index in [1.54, 1.807) is 18.3 Å². The largest absolute Gasteiger partial charge is 0.492 e. The Morgan fingerprint density at radius 2 is 1.95 bits per heavy atom. The van der Waals surface area contributed by atoms with Crippen LogP contribution in [-0.2, 0) is 16.6 Å². The number of rotatable bonds is 10. The third-order valence-corrected chi connectivity index (χ3v) is 6.55. The van der Waals surface area contributed by atoms with Crippen molar-refractivity contribution in [2.24, 2.45) is 0 Å². The molecule has 0 fully saturated rings. The molecule has 4 aromatic rings. The van der Waals surface area contributed by atoms with Crippen LogP contribution in [0.2, 0.25) is 0 Å². The van der Waals surface area contributed by atoms with E-state index in [9.17, 15) is 13.2 Å². The van der Waals surface area contributed by atoms with E-state index in [1.807, 2.05) is 18.3 Å². The molecule has 0 saturated carbocycles. The van der Waals surface area contributed by atoms with Crippen molar-refractivity contribution in [3.63, 3.8) is 0 Å². The molecule has 39 heavy (non-hydrogen) atoms. The van der Waals surface area contributed by atoms with Crippen LogP contribution < -0.4 is 20.7 Å². The Morgan fingerprint density at radius 1 is 1.15 bits per heavy atom. The summed E-state index contributed by atoms with van der Waals surface area (Å²) in [6.45, 7) is -1.05. The molecule has 4 heterocycles. The Balaban J connectivity index is 1.71. The fraction of sp³-hybridized carbons (Fsp3) is 0.261. The second-order valence-corrected chi connectivity index (χ2v) is 10.3. The number of hydrogen-bond donors (Lipinski definition) is 3. The second kappa shape index (κ2) is 11.4. The molecule has 0 aliphatic heterocycles. The third-order valence-electron chi connectivity index (χ3n) is 5.29. The molecule has 3 N–H and O–H groups in total. The first-order valence-corrected chi connectivity index (χ1v) is 13.0. The number of nitrogens with one attached hydrogen (secondary N) is 3. The molecular formula is C23H26N10O5S. The SMILES string of the molecule is [2H]C([2H])([2H])NC(=O)c1nnc(Nc2cc(C)ccn2)cc1Nc1nccc(-c2noc(CN(C)S(C)(=O)=O)n2)c1OC. The van der Waals surface area contributed by atoms with Gasteiger partial charge in [0.2, 0.25) is 21.7 Å². The molecular weight excluding hydrogens is 528 g/mol. The lowest BCUT2D eigenvalue weighted by molar-refractivity contribution is 0.0958. The van der Waals surface area contributed by atoms with E-state index >= 15 is 0 Å². The number of carbonyl (C=O) groups excluding carboxylic acids is 1. The molecule has 0 atom stereocenters. The molecule has 0 bridgehead atoms. The van der Waals surface area contributed by atoms with Gasteiger partial charge in [-0.1, -0.05) is 5.16 Å². The number of aromatic nitrogens is 6. The minimum atomic E-state index is -3.49. The highest BCUT2D eigenvalue weighted by atomic mass is 32.2. The molecule has 15 nitrogen and oxygen atoms in total. The van der Waals surface area contributed by atoms with Gasteiger partial charge in [-0.25, -0.2) is 18.4 Å².